The summed E-state index contributed by atoms with van der Waals surface area (Å²) in [4.78, 5) is 14.5. The summed E-state index contributed by atoms with van der Waals surface area (Å²) in [5.74, 6) is -0.701. The van der Waals surface area contributed by atoms with Crippen molar-refractivity contribution in [3.8, 4) is 0 Å². The van der Waals surface area contributed by atoms with E-state index in [2.05, 4.69) is 0 Å². The van der Waals surface area contributed by atoms with Gasteiger partial charge < -0.3 is 10.6 Å². The molecule has 0 bridgehead atoms. The SMILES string of the molecule is Cc1cccc(C(=O)N(CCC(N)=S)C2CC2)c1F. The molecule has 2 rings (SSSR count). The Bertz CT molecular complexity index is 514. The van der Waals surface area contributed by atoms with Gasteiger partial charge in [-0.3, -0.25) is 4.79 Å². The molecule has 1 fully saturated rings. The molecule has 1 aromatic carbocycles. The molecular weight excluding hydrogens is 263 g/mol. The molecule has 0 aromatic heterocycles. The minimum atomic E-state index is -0.437. The zero-order chi connectivity index (χ0) is 14.0. The predicted molar refractivity (Wildman–Crippen MR) is 76.6 cm³/mol. The van der Waals surface area contributed by atoms with Gasteiger partial charge in [0.2, 0.25) is 0 Å². The molecule has 5 heteroatoms. The van der Waals surface area contributed by atoms with Crippen LogP contribution in [-0.2, 0) is 0 Å². The van der Waals surface area contributed by atoms with Crippen LogP contribution >= 0.6 is 12.2 Å². The summed E-state index contributed by atoms with van der Waals surface area (Å²) in [7, 11) is 0. The summed E-state index contributed by atoms with van der Waals surface area (Å²) < 4.78 is 14.0. The molecule has 0 unspecified atom stereocenters. The lowest BCUT2D eigenvalue weighted by Gasteiger charge is -2.22. The molecular formula is C14H17FN2OS. The topological polar surface area (TPSA) is 46.3 Å². The number of carbonyl (C=O) groups is 1. The minimum Gasteiger partial charge on any atom is -0.393 e. The molecule has 1 aromatic rings. The zero-order valence-corrected chi connectivity index (χ0v) is 11.7. The summed E-state index contributed by atoms with van der Waals surface area (Å²) in [6.07, 6.45) is 2.41. The van der Waals surface area contributed by atoms with Crippen molar-refractivity contribution in [2.45, 2.75) is 32.2 Å². The van der Waals surface area contributed by atoms with E-state index in [0.717, 1.165) is 12.8 Å². The van der Waals surface area contributed by atoms with Gasteiger partial charge in [0, 0.05) is 19.0 Å². The van der Waals surface area contributed by atoms with E-state index >= 15 is 0 Å². The molecule has 102 valence electrons. The zero-order valence-electron chi connectivity index (χ0n) is 10.9. The average molecular weight is 280 g/mol. The van der Waals surface area contributed by atoms with Gasteiger partial charge in [-0.05, 0) is 31.4 Å². The lowest BCUT2D eigenvalue weighted by Crippen LogP contribution is -2.36. The Hall–Kier alpha value is -1.49. The highest BCUT2D eigenvalue weighted by molar-refractivity contribution is 7.80. The van der Waals surface area contributed by atoms with Crippen LogP contribution in [0.4, 0.5) is 4.39 Å². The van der Waals surface area contributed by atoms with E-state index in [1.165, 1.54) is 6.07 Å². The molecule has 1 amide bonds. The second-order valence-electron chi connectivity index (χ2n) is 4.88. The van der Waals surface area contributed by atoms with Crippen molar-refractivity contribution in [3.63, 3.8) is 0 Å². The molecule has 19 heavy (non-hydrogen) atoms. The third-order valence-corrected chi connectivity index (χ3v) is 3.47. The van der Waals surface area contributed by atoms with Crippen molar-refractivity contribution in [3.05, 3.63) is 35.1 Å². The van der Waals surface area contributed by atoms with Crippen molar-refractivity contribution >= 4 is 23.1 Å². The van der Waals surface area contributed by atoms with Crippen LogP contribution in [0.5, 0.6) is 0 Å². The van der Waals surface area contributed by atoms with Gasteiger partial charge in [0.15, 0.2) is 0 Å². The fourth-order valence-electron chi connectivity index (χ4n) is 2.03. The largest absolute Gasteiger partial charge is 0.393 e. The predicted octanol–water partition coefficient (Wildman–Crippen LogP) is 2.41. The van der Waals surface area contributed by atoms with Gasteiger partial charge in [0.05, 0.1) is 10.6 Å². The number of amides is 1. The van der Waals surface area contributed by atoms with E-state index in [9.17, 15) is 9.18 Å². The first-order chi connectivity index (χ1) is 9.00. The molecule has 1 aliphatic rings. The fraction of sp³-hybridized carbons (Fsp3) is 0.429. The standard InChI is InChI=1S/C14H17FN2OS/c1-9-3-2-4-11(13(9)15)14(18)17(10-5-6-10)8-7-12(16)19/h2-4,10H,5-8H2,1H3,(H2,16,19). The van der Waals surface area contributed by atoms with Crippen molar-refractivity contribution in [1.29, 1.82) is 0 Å². The maximum absolute atomic E-state index is 14.0. The summed E-state index contributed by atoms with van der Waals surface area (Å²) >= 11 is 4.84. The number of carbonyl (C=O) groups excluding carboxylic acids is 1. The van der Waals surface area contributed by atoms with Gasteiger partial charge in [-0.15, -0.1) is 0 Å². The second-order valence-corrected chi connectivity index (χ2v) is 5.41. The Labute approximate surface area is 117 Å². The highest BCUT2D eigenvalue weighted by Gasteiger charge is 2.33. The first kappa shape index (κ1) is 13.9. The molecule has 3 nitrogen and oxygen atoms in total. The van der Waals surface area contributed by atoms with Gasteiger partial charge in [0.1, 0.15) is 5.82 Å². The van der Waals surface area contributed by atoms with Gasteiger partial charge in [-0.2, -0.15) is 0 Å². The molecule has 0 spiro atoms. The van der Waals surface area contributed by atoms with Crippen LogP contribution < -0.4 is 5.73 Å². The van der Waals surface area contributed by atoms with E-state index in [-0.39, 0.29) is 17.5 Å². The number of hydrogen-bond acceptors (Lipinski definition) is 2. The summed E-state index contributed by atoms with van der Waals surface area (Å²) in [6, 6.07) is 5.09. The van der Waals surface area contributed by atoms with E-state index < -0.39 is 5.82 Å². The Morgan fingerprint density at radius 3 is 2.79 bits per heavy atom. The number of nitrogens with two attached hydrogens (primary N) is 1. The van der Waals surface area contributed by atoms with Crippen LogP contribution in [0.1, 0.15) is 35.2 Å². The number of aryl methyl sites for hydroxylation is 1. The lowest BCUT2D eigenvalue weighted by molar-refractivity contribution is 0.0743. The first-order valence-corrected chi connectivity index (χ1v) is 6.76. The summed E-state index contributed by atoms with van der Waals surface area (Å²) in [5, 5.41) is 0. The van der Waals surface area contributed by atoms with Crippen molar-refractivity contribution < 1.29 is 9.18 Å². The second kappa shape index (κ2) is 5.65. The molecule has 2 N–H and O–H groups in total. The normalized spacial score (nSPS) is 14.2. The maximum Gasteiger partial charge on any atom is 0.257 e. The number of thiocarbonyl (C=S) groups is 1. The molecule has 1 saturated carbocycles. The molecule has 0 aliphatic heterocycles. The molecule has 1 aliphatic carbocycles. The van der Waals surface area contributed by atoms with Gasteiger partial charge in [-0.25, -0.2) is 4.39 Å². The van der Waals surface area contributed by atoms with Crippen molar-refractivity contribution in [1.82, 2.24) is 4.90 Å². The van der Waals surface area contributed by atoms with Gasteiger partial charge >= 0.3 is 0 Å². The highest BCUT2D eigenvalue weighted by atomic mass is 32.1. The van der Waals surface area contributed by atoms with Crippen molar-refractivity contribution in [2.75, 3.05) is 6.54 Å². The van der Waals surface area contributed by atoms with Crippen LogP contribution in [0.3, 0.4) is 0 Å². The van der Waals surface area contributed by atoms with Gasteiger partial charge in [0.25, 0.3) is 5.91 Å². The fourth-order valence-corrected chi connectivity index (χ4v) is 2.13. The quantitative estimate of drug-likeness (QED) is 0.843. The van der Waals surface area contributed by atoms with Crippen molar-refractivity contribution in [2.24, 2.45) is 5.73 Å². The Morgan fingerprint density at radius 2 is 2.21 bits per heavy atom. The van der Waals surface area contributed by atoms with E-state index in [0.29, 0.717) is 23.5 Å². The molecule has 0 radical (unpaired) electrons. The number of hydrogen-bond donors (Lipinski definition) is 1. The third kappa shape index (κ3) is 3.29. The summed E-state index contributed by atoms with van der Waals surface area (Å²) in [5.41, 5.74) is 6.09. The lowest BCUT2D eigenvalue weighted by atomic mass is 10.1. The number of halogens is 1. The number of nitrogens with zero attached hydrogens (tertiary/aromatic N) is 1. The molecule has 0 atom stereocenters. The number of rotatable bonds is 5. The average Bonchev–Trinajstić information content (AvgIpc) is 3.17. The maximum atomic E-state index is 14.0. The highest BCUT2D eigenvalue weighted by Crippen LogP contribution is 2.29. The number of benzene rings is 1. The van der Waals surface area contributed by atoms with E-state index in [1.54, 1.807) is 24.0 Å². The summed E-state index contributed by atoms with van der Waals surface area (Å²) in [6.45, 7) is 2.12. The Balaban J connectivity index is 2.19. The smallest absolute Gasteiger partial charge is 0.257 e. The minimum absolute atomic E-state index is 0.134. The van der Waals surface area contributed by atoms with Crippen LogP contribution in [0.25, 0.3) is 0 Å². The van der Waals surface area contributed by atoms with Gasteiger partial charge in [-0.1, -0.05) is 24.4 Å². The molecule has 0 heterocycles. The van der Waals surface area contributed by atoms with Crippen LogP contribution in [0.15, 0.2) is 18.2 Å². The monoisotopic (exact) mass is 280 g/mol. The van der Waals surface area contributed by atoms with Crippen LogP contribution in [0, 0.1) is 12.7 Å². The Kier molecular flexibility index (Phi) is 4.14. The van der Waals surface area contributed by atoms with Crippen LogP contribution in [0.2, 0.25) is 0 Å². The van der Waals surface area contributed by atoms with E-state index in [4.69, 9.17) is 18.0 Å². The Morgan fingerprint density at radius 1 is 1.53 bits per heavy atom. The first-order valence-electron chi connectivity index (χ1n) is 6.35. The molecule has 0 saturated heterocycles. The third-order valence-electron chi connectivity index (χ3n) is 3.27. The van der Waals surface area contributed by atoms with Crippen LogP contribution in [-0.4, -0.2) is 28.4 Å². The van der Waals surface area contributed by atoms with E-state index in [1.807, 2.05) is 0 Å².